The van der Waals surface area contributed by atoms with Gasteiger partial charge in [0.25, 0.3) is 0 Å². The molecule has 0 aromatic heterocycles. The average molecular weight is 221 g/mol. The summed E-state index contributed by atoms with van der Waals surface area (Å²) in [5.41, 5.74) is 13.5. The highest BCUT2D eigenvalue weighted by molar-refractivity contribution is 5.76. The number of methoxy groups -OCH3 is 1. The molecule has 0 aliphatic carbocycles. The van der Waals surface area contributed by atoms with E-state index in [1.165, 1.54) is 7.11 Å². The SMILES string of the molecule is COC(=O)C1CC(c2cccc(N)c2)NN1. The first-order chi connectivity index (χ1) is 7.70. The second-order valence-corrected chi connectivity index (χ2v) is 3.82. The standard InChI is InChI=1S/C11H15N3O2/c1-16-11(15)10-6-9(13-14-10)7-3-2-4-8(12)5-7/h2-5,9-10,13-14H,6,12H2,1H3. The molecule has 1 aliphatic heterocycles. The van der Waals surface area contributed by atoms with E-state index in [4.69, 9.17) is 5.73 Å². The summed E-state index contributed by atoms with van der Waals surface area (Å²) >= 11 is 0. The molecule has 1 fully saturated rings. The first-order valence-corrected chi connectivity index (χ1v) is 5.15. The third-order valence-corrected chi connectivity index (χ3v) is 2.70. The Bertz CT molecular complexity index is 395. The zero-order chi connectivity index (χ0) is 11.5. The Morgan fingerprint density at radius 1 is 1.50 bits per heavy atom. The van der Waals surface area contributed by atoms with Crippen molar-refractivity contribution in [2.24, 2.45) is 0 Å². The van der Waals surface area contributed by atoms with Crippen LogP contribution in [0.1, 0.15) is 18.0 Å². The molecule has 2 atom stereocenters. The van der Waals surface area contributed by atoms with Gasteiger partial charge in [-0.05, 0) is 24.1 Å². The molecule has 16 heavy (non-hydrogen) atoms. The minimum atomic E-state index is -0.295. The summed E-state index contributed by atoms with van der Waals surface area (Å²) in [6.07, 6.45) is 0.663. The molecule has 5 heteroatoms. The average Bonchev–Trinajstić information content (AvgIpc) is 2.77. The van der Waals surface area contributed by atoms with Gasteiger partial charge < -0.3 is 10.5 Å². The number of nitrogens with one attached hydrogen (secondary N) is 2. The molecule has 86 valence electrons. The van der Waals surface area contributed by atoms with Gasteiger partial charge in [-0.15, -0.1) is 0 Å². The van der Waals surface area contributed by atoms with Gasteiger partial charge in [0.1, 0.15) is 6.04 Å². The summed E-state index contributed by atoms with van der Waals surface area (Å²) in [7, 11) is 1.39. The Labute approximate surface area is 93.9 Å². The smallest absolute Gasteiger partial charge is 0.324 e. The second kappa shape index (κ2) is 4.51. The van der Waals surface area contributed by atoms with Crippen molar-refractivity contribution in [2.45, 2.75) is 18.5 Å². The molecule has 0 spiro atoms. The highest BCUT2D eigenvalue weighted by atomic mass is 16.5. The van der Waals surface area contributed by atoms with E-state index >= 15 is 0 Å². The Hall–Kier alpha value is -1.59. The minimum Gasteiger partial charge on any atom is -0.468 e. The van der Waals surface area contributed by atoms with Gasteiger partial charge >= 0.3 is 5.97 Å². The number of esters is 1. The van der Waals surface area contributed by atoms with Crippen LogP contribution in [0, 0.1) is 0 Å². The Kier molecular flexibility index (Phi) is 3.07. The third kappa shape index (κ3) is 2.15. The highest BCUT2D eigenvalue weighted by Crippen LogP contribution is 2.23. The second-order valence-electron chi connectivity index (χ2n) is 3.82. The predicted octanol–water partition coefficient (Wildman–Crippen LogP) is 0.349. The Morgan fingerprint density at radius 2 is 2.31 bits per heavy atom. The van der Waals surface area contributed by atoms with Crippen LogP contribution in [-0.2, 0) is 9.53 Å². The predicted molar refractivity (Wildman–Crippen MR) is 60.3 cm³/mol. The summed E-state index contributed by atoms with van der Waals surface area (Å²) in [6.45, 7) is 0. The van der Waals surface area contributed by atoms with Crippen LogP contribution in [0.25, 0.3) is 0 Å². The lowest BCUT2D eigenvalue weighted by atomic mass is 10.0. The van der Waals surface area contributed by atoms with E-state index < -0.39 is 0 Å². The van der Waals surface area contributed by atoms with Crippen LogP contribution < -0.4 is 16.6 Å². The number of hydrogen-bond acceptors (Lipinski definition) is 5. The van der Waals surface area contributed by atoms with Crippen LogP contribution in [0.15, 0.2) is 24.3 Å². The van der Waals surface area contributed by atoms with Gasteiger partial charge in [-0.1, -0.05) is 12.1 Å². The van der Waals surface area contributed by atoms with Crippen LogP contribution in [0.3, 0.4) is 0 Å². The van der Waals surface area contributed by atoms with Gasteiger partial charge in [-0.25, -0.2) is 10.9 Å². The maximum Gasteiger partial charge on any atom is 0.324 e. The first kappa shape index (κ1) is 10.9. The third-order valence-electron chi connectivity index (χ3n) is 2.70. The van der Waals surface area contributed by atoms with Crippen molar-refractivity contribution in [1.29, 1.82) is 0 Å². The van der Waals surface area contributed by atoms with Gasteiger partial charge in [-0.2, -0.15) is 0 Å². The number of nitrogens with two attached hydrogens (primary N) is 1. The molecule has 1 saturated heterocycles. The molecular weight excluding hydrogens is 206 g/mol. The van der Waals surface area contributed by atoms with E-state index in [9.17, 15) is 4.79 Å². The normalized spacial score (nSPS) is 24.3. The van der Waals surface area contributed by atoms with E-state index in [1.807, 2.05) is 24.3 Å². The summed E-state index contributed by atoms with van der Waals surface area (Å²) in [4.78, 5) is 11.3. The van der Waals surface area contributed by atoms with Crippen molar-refractivity contribution >= 4 is 11.7 Å². The zero-order valence-electron chi connectivity index (χ0n) is 9.07. The maximum absolute atomic E-state index is 11.3. The number of ether oxygens (including phenoxy) is 1. The Balaban J connectivity index is 2.06. The number of hydrazine groups is 1. The molecule has 2 unspecified atom stereocenters. The highest BCUT2D eigenvalue weighted by Gasteiger charge is 2.30. The molecule has 1 aliphatic rings. The molecule has 1 aromatic carbocycles. The molecule has 1 heterocycles. The fraction of sp³-hybridized carbons (Fsp3) is 0.364. The number of carbonyl (C=O) groups is 1. The first-order valence-electron chi connectivity index (χ1n) is 5.15. The molecule has 5 nitrogen and oxygen atoms in total. The lowest BCUT2D eigenvalue weighted by Gasteiger charge is -2.09. The largest absolute Gasteiger partial charge is 0.468 e. The fourth-order valence-electron chi connectivity index (χ4n) is 1.85. The van der Waals surface area contributed by atoms with E-state index in [-0.39, 0.29) is 18.1 Å². The van der Waals surface area contributed by atoms with E-state index in [0.29, 0.717) is 6.42 Å². The molecular formula is C11H15N3O2. The number of anilines is 1. The number of carbonyl (C=O) groups excluding carboxylic acids is 1. The maximum atomic E-state index is 11.3. The van der Waals surface area contributed by atoms with E-state index in [1.54, 1.807) is 0 Å². The van der Waals surface area contributed by atoms with Crippen LogP contribution in [0.2, 0.25) is 0 Å². The quantitative estimate of drug-likeness (QED) is 0.496. The summed E-state index contributed by atoms with van der Waals surface area (Å²) < 4.78 is 4.68. The van der Waals surface area contributed by atoms with Crippen molar-refractivity contribution in [3.63, 3.8) is 0 Å². The van der Waals surface area contributed by atoms with Crippen LogP contribution in [-0.4, -0.2) is 19.1 Å². The van der Waals surface area contributed by atoms with Gasteiger partial charge in [0.15, 0.2) is 0 Å². The van der Waals surface area contributed by atoms with Crippen molar-refractivity contribution in [3.05, 3.63) is 29.8 Å². The summed E-state index contributed by atoms with van der Waals surface area (Å²) in [6, 6.07) is 7.42. The topological polar surface area (TPSA) is 76.4 Å². The number of hydrogen-bond donors (Lipinski definition) is 3. The fourth-order valence-corrected chi connectivity index (χ4v) is 1.85. The number of nitrogen functional groups attached to an aromatic ring is 1. The number of rotatable bonds is 2. The monoisotopic (exact) mass is 221 g/mol. The molecule has 0 amide bonds. The minimum absolute atomic E-state index is 0.0904. The van der Waals surface area contributed by atoms with Crippen molar-refractivity contribution in [3.8, 4) is 0 Å². The lowest BCUT2D eigenvalue weighted by molar-refractivity contribution is -0.142. The summed E-state index contributed by atoms with van der Waals surface area (Å²) in [5, 5.41) is 0. The van der Waals surface area contributed by atoms with Gasteiger partial charge in [0.2, 0.25) is 0 Å². The van der Waals surface area contributed by atoms with Gasteiger partial charge in [0, 0.05) is 11.7 Å². The molecule has 0 bridgehead atoms. The molecule has 0 saturated carbocycles. The van der Waals surface area contributed by atoms with Crippen molar-refractivity contribution in [1.82, 2.24) is 10.9 Å². The molecule has 0 radical (unpaired) electrons. The van der Waals surface area contributed by atoms with Crippen molar-refractivity contribution < 1.29 is 9.53 Å². The van der Waals surface area contributed by atoms with Gasteiger partial charge in [-0.3, -0.25) is 4.79 Å². The number of benzene rings is 1. The van der Waals surface area contributed by atoms with Crippen LogP contribution >= 0.6 is 0 Å². The van der Waals surface area contributed by atoms with Crippen LogP contribution in [0.4, 0.5) is 5.69 Å². The van der Waals surface area contributed by atoms with E-state index in [2.05, 4.69) is 15.6 Å². The molecule has 4 N–H and O–H groups in total. The summed E-state index contributed by atoms with van der Waals surface area (Å²) in [5.74, 6) is -0.251. The molecule has 1 aromatic rings. The van der Waals surface area contributed by atoms with Gasteiger partial charge in [0.05, 0.1) is 7.11 Å². The van der Waals surface area contributed by atoms with E-state index in [0.717, 1.165) is 11.3 Å². The van der Waals surface area contributed by atoms with Crippen LogP contribution in [0.5, 0.6) is 0 Å². The van der Waals surface area contributed by atoms with Crippen molar-refractivity contribution in [2.75, 3.05) is 12.8 Å². The zero-order valence-corrected chi connectivity index (χ0v) is 9.07. The lowest BCUT2D eigenvalue weighted by Crippen LogP contribution is -2.36. The molecule has 2 rings (SSSR count). The Morgan fingerprint density at radius 3 is 3.00 bits per heavy atom.